The van der Waals surface area contributed by atoms with Gasteiger partial charge in [-0.05, 0) is 51.4 Å². The van der Waals surface area contributed by atoms with E-state index in [1.54, 1.807) is 0 Å². The van der Waals surface area contributed by atoms with Crippen molar-refractivity contribution in [2.75, 3.05) is 13.2 Å². The topological polar surface area (TPSA) is 149 Å². The molecule has 9 nitrogen and oxygen atoms in total. The second-order valence-electron chi connectivity index (χ2n) is 15.5. The Morgan fingerprint density at radius 3 is 1.67 bits per heavy atom. The maximum Gasteiger partial charge on any atom is 0.220 e. The molecule has 0 aromatic heterocycles. The van der Waals surface area contributed by atoms with Gasteiger partial charge in [0, 0.05) is 6.42 Å². The molecule has 1 fully saturated rings. The number of nitrogens with one attached hydrogen (secondary N) is 1. The highest BCUT2D eigenvalue weighted by Gasteiger charge is 2.44. The highest BCUT2D eigenvalue weighted by Crippen LogP contribution is 2.23. The van der Waals surface area contributed by atoms with E-state index in [4.69, 9.17) is 9.47 Å². The van der Waals surface area contributed by atoms with E-state index in [9.17, 15) is 30.3 Å². The zero-order valence-corrected chi connectivity index (χ0v) is 34.9. The van der Waals surface area contributed by atoms with Crippen LogP contribution in [0.25, 0.3) is 0 Å². The van der Waals surface area contributed by atoms with Crippen molar-refractivity contribution in [3.63, 3.8) is 0 Å². The Morgan fingerprint density at radius 1 is 0.636 bits per heavy atom. The van der Waals surface area contributed by atoms with Crippen LogP contribution in [0, 0.1) is 0 Å². The summed E-state index contributed by atoms with van der Waals surface area (Å²) in [5.41, 5.74) is 0. The van der Waals surface area contributed by atoms with Gasteiger partial charge in [-0.2, -0.15) is 0 Å². The van der Waals surface area contributed by atoms with Crippen LogP contribution in [0.3, 0.4) is 0 Å². The summed E-state index contributed by atoms with van der Waals surface area (Å²) in [6, 6.07) is -0.726. The molecule has 1 saturated heterocycles. The van der Waals surface area contributed by atoms with Crippen LogP contribution in [-0.2, 0) is 14.3 Å². The summed E-state index contributed by atoms with van der Waals surface area (Å²) < 4.78 is 11.2. The van der Waals surface area contributed by atoms with Gasteiger partial charge in [-0.3, -0.25) is 4.79 Å². The number of allylic oxidation sites excluding steroid dienone is 8. The van der Waals surface area contributed by atoms with Crippen molar-refractivity contribution >= 4 is 5.91 Å². The molecule has 0 bridgehead atoms. The minimum absolute atomic E-state index is 0.146. The third-order valence-corrected chi connectivity index (χ3v) is 10.4. The number of ether oxygens (including phenoxy) is 2. The number of carbonyl (C=O) groups is 1. The van der Waals surface area contributed by atoms with Crippen molar-refractivity contribution in [1.29, 1.82) is 0 Å². The minimum atomic E-state index is -1.56. The maximum atomic E-state index is 13.0. The lowest BCUT2D eigenvalue weighted by Gasteiger charge is -2.40. The van der Waals surface area contributed by atoms with Gasteiger partial charge in [0.25, 0.3) is 0 Å². The summed E-state index contributed by atoms with van der Waals surface area (Å²) in [7, 11) is 0. The summed E-state index contributed by atoms with van der Waals surface area (Å²) in [5, 5.41) is 54.3. The largest absolute Gasteiger partial charge is 0.394 e. The van der Waals surface area contributed by atoms with Crippen LogP contribution in [0.1, 0.15) is 181 Å². The molecule has 9 heteroatoms. The first-order chi connectivity index (χ1) is 26.8. The maximum absolute atomic E-state index is 13.0. The third kappa shape index (κ3) is 27.4. The Kier molecular flexibility index (Phi) is 33.9. The molecule has 1 heterocycles. The molecule has 0 aliphatic carbocycles. The number of aliphatic hydroxyl groups is 5. The highest BCUT2D eigenvalue weighted by molar-refractivity contribution is 5.76. The standard InChI is InChI=1S/C46H83NO8/c1-3-5-7-9-11-13-15-17-18-19-20-21-22-24-26-28-30-32-34-36-42(50)47-39(38-54-46-45(53)44(52)43(51)41(37-48)55-46)40(49)35-33-31-29-27-25-23-16-14-12-10-8-6-4-2/h5,7,11,13,17-18,20-21,39-41,43-46,48-49,51-53H,3-4,6,8-10,12,14-16,19,22-38H2,1-2H3,(H,47,50)/b7-5-,13-11-,18-17-,21-20-. The smallest absolute Gasteiger partial charge is 0.220 e. The van der Waals surface area contributed by atoms with Gasteiger partial charge < -0.3 is 40.3 Å². The van der Waals surface area contributed by atoms with Crippen molar-refractivity contribution in [3.8, 4) is 0 Å². The molecule has 1 aliphatic rings. The van der Waals surface area contributed by atoms with E-state index in [1.807, 2.05) is 0 Å². The molecule has 320 valence electrons. The number of hydrogen-bond acceptors (Lipinski definition) is 8. The van der Waals surface area contributed by atoms with E-state index in [0.717, 1.165) is 77.0 Å². The number of unbranched alkanes of at least 4 members (excludes halogenated alkanes) is 18. The van der Waals surface area contributed by atoms with E-state index in [1.165, 1.54) is 77.0 Å². The van der Waals surface area contributed by atoms with Crippen LogP contribution in [0.4, 0.5) is 0 Å². The van der Waals surface area contributed by atoms with E-state index in [-0.39, 0.29) is 12.5 Å². The Labute approximate surface area is 335 Å². The van der Waals surface area contributed by atoms with Gasteiger partial charge in [-0.1, -0.05) is 172 Å². The molecule has 0 saturated carbocycles. The van der Waals surface area contributed by atoms with Crippen molar-refractivity contribution in [3.05, 3.63) is 48.6 Å². The molecule has 0 aromatic carbocycles. The average Bonchev–Trinajstić information content (AvgIpc) is 3.18. The molecule has 7 atom stereocenters. The Balaban J connectivity index is 2.35. The monoisotopic (exact) mass is 778 g/mol. The van der Waals surface area contributed by atoms with E-state index in [0.29, 0.717) is 12.8 Å². The van der Waals surface area contributed by atoms with E-state index < -0.39 is 49.5 Å². The quantitative estimate of drug-likeness (QED) is 0.0273. The second-order valence-corrected chi connectivity index (χ2v) is 15.5. The Hall–Kier alpha value is -1.85. The van der Waals surface area contributed by atoms with Crippen LogP contribution in [0.5, 0.6) is 0 Å². The number of aliphatic hydroxyl groups excluding tert-OH is 5. The van der Waals surface area contributed by atoms with Crippen LogP contribution in [0.2, 0.25) is 0 Å². The molecular formula is C46H83NO8. The summed E-state index contributed by atoms with van der Waals surface area (Å²) in [5.74, 6) is -0.161. The lowest BCUT2D eigenvalue weighted by molar-refractivity contribution is -0.302. The molecule has 7 unspecified atom stereocenters. The molecule has 0 aromatic rings. The molecule has 0 spiro atoms. The highest BCUT2D eigenvalue weighted by atomic mass is 16.7. The number of hydrogen-bond donors (Lipinski definition) is 6. The summed E-state index contributed by atoms with van der Waals surface area (Å²) in [6.07, 6.45) is 38.2. The second kappa shape index (κ2) is 36.5. The predicted molar refractivity (Wildman–Crippen MR) is 226 cm³/mol. The first-order valence-electron chi connectivity index (χ1n) is 22.3. The fraction of sp³-hybridized carbons (Fsp3) is 0.804. The van der Waals surface area contributed by atoms with Crippen molar-refractivity contribution < 1.29 is 39.8 Å². The summed E-state index contributed by atoms with van der Waals surface area (Å²) in [4.78, 5) is 13.0. The lowest BCUT2D eigenvalue weighted by Crippen LogP contribution is -2.60. The fourth-order valence-electron chi connectivity index (χ4n) is 6.86. The van der Waals surface area contributed by atoms with E-state index >= 15 is 0 Å². The van der Waals surface area contributed by atoms with Crippen LogP contribution < -0.4 is 5.32 Å². The lowest BCUT2D eigenvalue weighted by atomic mass is 9.99. The van der Waals surface area contributed by atoms with Gasteiger partial charge in [0.1, 0.15) is 24.4 Å². The molecule has 55 heavy (non-hydrogen) atoms. The zero-order chi connectivity index (χ0) is 40.2. The molecule has 1 aliphatic heterocycles. The molecule has 6 N–H and O–H groups in total. The average molecular weight is 778 g/mol. The first kappa shape index (κ1) is 51.2. The van der Waals surface area contributed by atoms with Crippen molar-refractivity contribution in [2.24, 2.45) is 0 Å². The summed E-state index contributed by atoms with van der Waals surface area (Å²) in [6.45, 7) is 3.69. The SMILES string of the molecule is CC/C=C\C/C=C\C/C=C\C/C=C\CCCCCCCCC(=O)NC(COC1OC(CO)C(O)C(O)C1O)C(O)CCCCCCCCCCCCCCC. The number of rotatable bonds is 36. The van der Waals surface area contributed by atoms with Gasteiger partial charge in [-0.15, -0.1) is 0 Å². The van der Waals surface area contributed by atoms with Gasteiger partial charge in [-0.25, -0.2) is 0 Å². The molecule has 1 amide bonds. The third-order valence-electron chi connectivity index (χ3n) is 10.4. The Bertz CT molecular complexity index is 998. The Morgan fingerprint density at radius 2 is 1.13 bits per heavy atom. The predicted octanol–water partition coefficient (Wildman–Crippen LogP) is 9.06. The van der Waals surface area contributed by atoms with Crippen LogP contribution in [-0.4, -0.2) is 87.5 Å². The number of amides is 1. The fourth-order valence-corrected chi connectivity index (χ4v) is 6.86. The molecule has 1 rings (SSSR count). The first-order valence-corrected chi connectivity index (χ1v) is 22.3. The normalized spacial score (nSPS) is 21.8. The van der Waals surface area contributed by atoms with Gasteiger partial charge in [0.15, 0.2) is 6.29 Å². The van der Waals surface area contributed by atoms with Crippen LogP contribution in [0.15, 0.2) is 48.6 Å². The zero-order valence-electron chi connectivity index (χ0n) is 34.9. The number of carbonyl (C=O) groups excluding carboxylic acids is 1. The van der Waals surface area contributed by atoms with Gasteiger partial charge in [0.05, 0.1) is 25.4 Å². The van der Waals surface area contributed by atoms with Crippen LogP contribution >= 0.6 is 0 Å². The molecule has 0 radical (unpaired) electrons. The molecular weight excluding hydrogens is 695 g/mol. The summed E-state index contributed by atoms with van der Waals surface area (Å²) >= 11 is 0. The van der Waals surface area contributed by atoms with Crippen molar-refractivity contribution in [2.45, 2.75) is 224 Å². The van der Waals surface area contributed by atoms with Gasteiger partial charge >= 0.3 is 0 Å². The minimum Gasteiger partial charge on any atom is -0.394 e. The van der Waals surface area contributed by atoms with Gasteiger partial charge in [0.2, 0.25) is 5.91 Å². The van der Waals surface area contributed by atoms with Crippen molar-refractivity contribution in [1.82, 2.24) is 5.32 Å². The van der Waals surface area contributed by atoms with E-state index in [2.05, 4.69) is 67.8 Å².